The van der Waals surface area contributed by atoms with Crippen LogP contribution in [0.3, 0.4) is 0 Å². The standard InChI is InChI=1S/C33H30N2O2/c1-5-13-25(14-6-1)21-33(22-26-15-7-2-8-16-26,31-34-29(23-36-31)27-17-9-3-10-18-27)32-35-30(24-37-32)28-19-11-4-12-20-28/h1-20,29-30H,21-24H2/t29-,30-/m1/s1. The zero-order valence-electron chi connectivity index (χ0n) is 20.7. The van der Waals surface area contributed by atoms with Gasteiger partial charge in [0, 0.05) is 0 Å². The van der Waals surface area contributed by atoms with Gasteiger partial charge in [0.25, 0.3) is 0 Å². The first-order chi connectivity index (χ1) is 18.3. The second kappa shape index (κ2) is 10.4. The van der Waals surface area contributed by atoms with Gasteiger partial charge in [0.15, 0.2) is 0 Å². The van der Waals surface area contributed by atoms with E-state index < -0.39 is 5.41 Å². The Hall–Kier alpha value is -4.18. The number of hydrogen-bond acceptors (Lipinski definition) is 4. The van der Waals surface area contributed by atoms with Gasteiger partial charge in [0.05, 0.1) is 0 Å². The van der Waals surface area contributed by atoms with Crippen LogP contribution in [0.4, 0.5) is 0 Å². The maximum absolute atomic E-state index is 6.47. The lowest BCUT2D eigenvalue weighted by Gasteiger charge is -2.32. The summed E-state index contributed by atoms with van der Waals surface area (Å²) in [7, 11) is 0. The van der Waals surface area contributed by atoms with Crippen LogP contribution in [0.15, 0.2) is 131 Å². The van der Waals surface area contributed by atoms with E-state index in [0.29, 0.717) is 37.9 Å². The van der Waals surface area contributed by atoms with E-state index >= 15 is 0 Å². The van der Waals surface area contributed by atoms with Crippen LogP contribution in [0.1, 0.15) is 34.3 Å². The van der Waals surface area contributed by atoms with Crippen LogP contribution in [-0.2, 0) is 22.3 Å². The third-order valence-electron chi connectivity index (χ3n) is 7.19. The Labute approximate surface area is 218 Å². The molecule has 4 aromatic carbocycles. The van der Waals surface area contributed by atoms with Gasteiger partial charge in [-0.3, -0.25) is 0 Å². The van der Waals surface area contributed by atoms with Crippen LogP contribution in [0.2, 0.25) is 0 Å². The number of aliphatic imine (C=N–C) groups is 2. The topological polar surface area (TPSA) is 43.2 Å². The largest absolute Gasteiger partial charge is 0.478 e. The van der Waals surface area contributed by atoms with E-state index in [2.05, 4.69) is 97.1 Å². The van der Waals surface area contributed by atoms with Gasteiger partial charge in [-0.05, 0) is 35.1 Å². The minimum atomic E-state index is -0.657. The molecule has 0 aliphatic carbocycles. The second-order valence-corrected chi connectivity index (χ2v) is 9.75. The molecule has 2 aliphatic heterocycles. The molecule has 4 heteroatoms. The van der Waals surface area contributed by atoms with Crippen molar-refractivity contribution in [2.24, 2.45) is 15.4 Å². The third-order valence-corrected chi connectivity index (χ3v) is 7.19. The van der Waals surface area contributed by atoms with Crippen LogP contribution >= 0.6 is 0 Å². The Morgan fingerprint density at radius 2 is 0.865 bits per heavy atom. The minimum Gasteiger partial charge on any atom is -0.478 e. The summed E-state index contributed by atoms with van der Waals surface area (Å²) in [4.78, 5) is 10.4. The van der Waals surface area contributed by atoms with Gasteiger partial charge in [-0.25, -0.2) is 9.98 Å². The Morgan fingerprint density at radius 3 is 1.24 bits per heavy atom. The lowest BCUT2D eigenvalue weighted by atomic mass is 9.75. The molecule has 2 atom stereocenters. The molecular formula is C33H30N2O2. The molecular weight excluding hydrogens is 456 g/mol. The van der Waals surface area contributed by atoms with Crippen molar-refractivity contribution in [3.63, 3.8) is 0 Å². The van der Waals surface area contributed by atoms with E-state index in [4.69, 9.17) is 19.5 Å². The van der Waals surface area contributed by atoms with Crippen molar-refractivity contribution in [1.29, 1.82) is 0 Å². The van der Waals surface area contributed by atoms with Crippen LogP contribution in [0.25, 0.3) is 0 Å². The first-order valence-electron chi connectivity index (χ1n) is 12.9. The summed E-state index contributed by atoms with van der Waals surface area (Å²) in [5.41, 5.74) is 4.05. The fourth-order valence-corrected chi connectivity index (χ4v) is 5.31. The molecule has 0 saturated carbocycles. The summed E-state index contributed by atoms with van der Waals surface area (Å²) in [6, 6.07) is 41.7. The highest BCUT2D eigenvalue weighted by molar-refractivity contribution is 6.07. The minimum absolute atomic E-state index is 0.0472. The molecule has 4 aromatic rings. The molecule has 0 bridgehead atoms. The quantitative estimate of drug-likeness (QED) is 0.275. The molecule has 0 spiro atoms. The van der Waals surface area contributed by atoms with E-state index in [1.54, 1.807) is 0 Å². The van der Waals surface area contributed by atoms with Crippen molar-refractivity contribution in [3.8, 4) is 0 Å². The van der Waals surface area contributed by atoms with Gasteiger partial charge in [-0.2, -0.15) is 0 Å². The zero-order valence-corrected chi connectivity index (χ0v) is 20.7. The predicted molar refractivity (Wildman–Crippen MR) is 148 cm³/mol. The Balaban J connectivity index is 1.47. The number of benzene rings is 4. The SMILES string of the molecule is c1ccc(CC(Cc2ccccc2)(C2=N[C@@H](c3ccccc3)CO2)C2=N[C@@H](c3ccccc3)CO2)cc1. The van der Waals surface area contributed by atoms with Gasteiger partial charge in [0.2, 0.25) is 11.8 Å². The monoisotopic (exact) mass is 486 g/mol. The van der Waals surface area contributed by atoms with E-state index in [1.165, 1.54) is 11.1 Å². The highest BCUT2D eigenvalue weighted by atomic mass is 16.5. The highest BCUT2D eigenvalue weighted by Crippen LogP contribution is 2.41. The maximum atomic E-state index is 6.47. The summed E-state index contributed by atoms with van der Waals surface area (Å²) in [5, 5.41) is 0. The lowest BCUT2D eigenvalue weighted by Crippen LogP contribution is -2.44. The lowest BCUT2D eigenvalue weighted by molar-refractivity contribution is 0.249. The second-order valence-electron chi connectivity index (χ2n) is 9.75. The van der Waals surface area contributed by atoms with Crippen LogP contribution in [0, 0.1) is 5.41 Å². The Morgan fingerprint density at radius 1 is 0.514 bits per heavy atom. The van der Waals surface area contributed by atoms with Crippen molar-refractivity contribution < 1.29 is 9.47 Å². The molecule has 0 fully saturated rings. The predicted octanol–water partition coefficient (Wildman–Crippen LogP) is 6.80. The van der Waals surface area contributed by atoms with Gasteiger partial charge in [0.1, 0.15) is 30.7 Å². The van der Waals surface area contributed by atoms with Crippen molar-refractivity contribution >= 4 is 11.8 Å². The summed E-state index contributed by atoms with van der Waals surface area (Å²) >= 11 is 0. The molecule has 6 rings (SSSR count). The van der Waals surface area contributed by atoms with E-state index in [9.17, 15) is 0 Å². The summed E-state index contributed by atoms with van der Waals surface area (Å²) in [6.07, 6.45) is 1.37. The number of nitrogens with zero attached hydrogens (tertiary/aromatic N) is 2. The highest BCUT2D eigenvalue weighted by Gasteiger charge is 2.49. The molecule has 0 amide bonds. The molecule has 184 valence electrons. The molecule has 2 aliphatic rings. The smallest absolute Gasteiger partial charge is 0.200 e. The van der Waals surface area contributed by atoms with Crippen molar-refractivity contribution in [3.05, 3.63) is 144 Å². The molecule has 0 unspecified atom stereocenters. The van der Waals surface area contributed by atoms with Gasteiger partial charge in [-0.1, -0.05) is 121 Å². The number of hydrogen-bond donors (Lipinski definition) is 0. The first-order valence-corrected chi connectivity index (χ1v) is 12.9. The average molecular weight is 487 g/mol. The van der Waals surface area contributed by atoms with E-state index in [0.717, 1.165) is 11.1 Å². The van der Waals surface area contributed by atoms with Crippen molar-refractivity contribution in [1.82, 2.24) is 0 Å². The van der Waals surface area contributed by atoms with E-state index in [1.807, 2.05) is 24.3 Å². The molecule has 37 heavy (non-hydrogen) atoms. The summed E-state index contributed by atoms with van der Waals surface area (Å²) in [6.45, 7) is 1.03. The number of ether oxygens (including phenoxy) is 2. The Kier molecular flexibility index (Phi) is 6.55. The van der Waals surface area contributed by atoms with E-state index in [-0.39, 0.29) is 12.1 Å². The normalized spacial score (nSPS) is 19.0. The number of rotatable bonds is 8. The fourth-order valence-electron chi connectivity index (χ4n) is 5.31. The maximum Gasteiger partial charge on any atom is 0.200 e. The molecule has 0 radical (unpaired) electrons. The van der Waals surface area contributed by atoms with Gasteiger partial charge in [-0.15, -0.1) is 0 Å². The molecule has 4 nitrogen and oxygen atoms in total. The van der Waals surface area contributed by atoms with Crippen molar-refractivity contribution in [2.75, 3.05) is 13.2 Å². The average Bonchev–Trinajstić information content (AvgIpc) is 3.67. The Bertz CT molecular complexity index is 1260. The van der Waals surface area contributed by atoms with Crippen molar-refractivity contribution in [2.45, 2.75) is 24.9 Å². The first kappa shape index (κ1) is 23.2. The molecule has 0 N–H and O–H groups in total. The van der Waals surface area contributed by atoms with Crippen LogP contribution in [-0.4, -0.2) is 25.0 Å². The molecule has 0 saturated heterocycles. The fraction of sp³-hybridized carbons (Fsp3) is 0.212. The van der Waals surface area contributed by atoms with Gasteiger partial charge < -0.3 is 9.47 Å². The van der Waals surface area contributed by atoms with Crippen LogP contribution in [0.5, 0.6) is 0 Å². The zero-order chi connectivity index (χ0) is 24.9. The molecule has 0 aromatic heterocycles. The molecule has 2 heterocycles. The third kappa shape index (κ3) is 4.92. The summed E-state index contributed by atoms with van der Waals surface area (Å²) < 4.78 is 12.9. The summed E-state index contributed by atoms with van der Waals surface area (Å²) in [5.74, 6) is 1.42. The van der Waals surface area contributed by atoms with Gasteiger partial charge >= 0.3 is 0 Å². The van der Waals surface area contributed by atoms with Crippen LogP contribution < -0.4 is 0 Å².